The predicted octanol–water partition coefficient (Wildman–Crippen LogP) is 1.27. The van der Waals surface area contributed by atoms with Gasteiger partial charge in [0.2, 0.25) is 3.83 Å². The van der Waals surface area contributed by atoms with Crippen molar-refractivity contribution >= 4 is 22.6 Å². The van der Waals surface area contributed by atoms with Crippen LogP contribution < -0.4 is 9.47 Å². The molecule has 72 valence electrons. The van der Waals surface area contributed by atoms with Crippen molar-refractivity contribution in [1.29, 1.82) is 0 Å². The van der Waals surface area contributed by atoms with Crippen molar-refractivity contribution in [2.24, 2.45) is 0 Å². The molecule has 0 aliphatic rings. The summed E-state index contributed by atoms with van der Waals surface area (Å²) in [7, 11) is 0. The maximum absolute atomic E-state index is 5.13. The summed E-state index contributed by atoms with van der Waals surface area (Å²) in [4.78, 5) is 11.9. The summed E-state index contributed by atoms with van der Waals surface area (Å²) >= 11 is 1.99. The van der Waals surface area contributed by atoms with Gasteiger partial charge in [0.1, 0.15) is 0 Å². The van der Waals surface area contributed by atoms with E-state index in [1.165, 1.54) is 0 Å². The molecule has 5 nitrogen and oxygen atoms in total. The Morgan fingerprint density at radius 1 is 1.00 bits per heavy atom. The number of halogens is 1. The van der Waals surface area contributed by atoms with Gasteiger partial charge in [-0.1, -0.05) is 0 Å². The topological polar surface area (TPSA) is 57.1 Å². The first kappa shape index (κ1) is 10.4. The maximum atomic E-state index is 5.13. The van der Waals surface area contributed by atoms with Gasteiger partial charge in [0.25, 0.3) is 0 Å². The fourth-order valence-electron chi connectivity index (χ4n) is 0.702. The first-order valence-corrected chi connectivity index (χ1v) is 5.01. The van der Waals surface area contributed by atoms with Crippen LogP contribution in [0.5, 0.6) is 12.0 Å². The van der Waals surface area contributed by atoms with Crippen LogP contribution in [0.1, 0.15) is 13.8 Å². The van der Waals surface area contributed by atoms with Gasteiger partial charge in [0.05, 0.1) is 13.2 Å². The lowest BCUT2D eigenvalue weighted by atomic mass is 10.8. The van der Waals surface area contributed by atoms with Crippen LogP contribution in [-0.4, -0.2) is 28.2 Å². The van der Waals surface area contributed by atoms with Gasteiger partial charge in [0, 0.05) is 22.6 Å². The first-order valence-electron chi connectivity index (χ1n) is 3.93. The summed E-state index contributed by atoms with van der Waals surface area (Å²) in [6.07, 6.45) is 0. The van der Waals surface area contributed by atoms with Crippen molar-refractivity contribution in [1.82, 2.24) is 15.0 Å². The van der Waals surface area contributed by atoms with E-state index < -0.39 is 0 Å². The molecule has 0 fully saturated rings. The number of nitrogens with zero attached hydrogens (tertiary/aromatic N) is 3. The number of ether oxygens (including phenoxy) is 2. The molecule has 1 heterocycles. The predicted molar refractivity (Wildman–Crippen MR) is 54.9 cm³/mol. The van der Waals surface area contributed by atoms with Gasteiger partial charge in [-0.25, -0.2) is 0 Å². The fourth-order valence-corrected chi connectivity index (χ4v) is 1.11. The van der Waals surface area contributed by atoms with Crippen molar-refractivity contribution in [3.63, 3.8) is 0 Å². The summed E-state index contributed by atoms with van der Waals surface area (Å²) in [5.41, 5.74) is 0. The van der Waals surface area contributed by atoms with Gasteiger partial charge in [-0.2, -0.15) is 9.97 Å². The molecular formula is C7H10IN3O2. The van der Waals surface area contributed by atoms with E-state index in [9.17, 15) is 0 Å². The van der Waals surface area contributed by atoms with Crippen LogP contribution in [0.2, 0.25) is 0 Å². The zero-order valence-corrected chi connectivity index (χ0v) is 9.61. The highest BCUT2D eigenvalue weighted by Crippen LogP contribution is 2.10. The van der Waals surface area contributed by atoms with E-state index in [-0.39, 0.29) is 0 Å². The molecule has 0 atom stereocenters. The van der Waals surface area contributed by atoms with Crippen LogP contribution in [0.25, 0.3) is 0 Å². The van der Waals surface area contributed by atoms with Crippen molar-refractivity contribution in [3.05, 3.63) is 3.83 Å². The number of rotatable bonds is 4. The zero-order valence-electron chi connectivity index (χ0n) is 7.45. The second-order valence-electron chi connectivity index (χ2n) is 2.04. The summed E-state index contributed by atoms with van der Waals surface area (Å²) in [5.74, 6) is 0. The van der Waals surface area contributed by atoms with Gasteiger partial charge in [-0.3, -0.25) is 0 Å². The molecular weight excluding hydrogens is 285 g/mol. The lowest BCUT2D eigenvalue weighted by Crippen LogP contribution is -2.04. The Hall–Kier alpha value is -0.660. The van der Waals surface area contributed by atoms with Crippen molar-refractivity contribution in [2.75, 3.05) is 13.2 Å². The molecule has 1 aromatic rings. The number of hydrogen-bond donors (Lipinski definition) is 0. The van der Waals surface area contributed by atoms with Crippen LogP contribution in [0.15, 0.2) is 0 Å². The summed E-state index contributed by atoms with van der Waals surface area (Å²) in [6, 6.07) is 0.621. The first-order chi connectivity index (χ1) is 6.26. The third kappa shape index (κ3) is 3.29. The van der Waals surface area contributed by atoms with Crippen molar-refractivity contribution < 1.29 is 9.47 Å². The Balaban J connectivity index is 2.83. The molecule has 13 heavy (non-hydrogen) atoms. The van der Waals surface area contributed by atoms with E-state index in [2.05, 4.69) is 15.0 Å². The Bertz CT molecular complexity index is 258. The lowest BCUT2D eigenvalue weighted by Gasteiger charge is -2.03. The van der Waals surface area contributed by atoms with E-state index in [1.54, 1.807) is 0 Å². The van der Waals surface area contributed by atoms with Gasteiger partial charge in [-0.15, -0.1) is 4.98 Å². The van der Waals surface area contributed by atoms with Crippen molar-refractivity contribution in [2.45, 2.75) is 13.8 Å². The van der Waals surface area contributed by atoms with Gasteiger partial charge in [-0.05, 0) is 13.8 Å². The van der Waals surface area contributed by atoms with Crippen LogP contribution in [0, 0.1) is 3.83 Å². The van der Waals surface area contributed by atoms with Crippen LogP contribution in [0.4, 0.5) is 0 Å². The fraction of sp³-hybridized carbons (Fsp3) is 0.571. The smallest absolute Gasteiger partial charge is 0.323 e. The normalized spacial score (nSPS) is 9.77. The number of hydrogen-bond acceptors (Lipinski definition) is 5. The Morgan fingerprint density at radius 3 is 1.85 bits per heavy atom. The Kier molecular flexibility index (Phi) is 4.13. The zero-order chi connectivity index (χ0) is 9.68. The van der Waals surface area contributed by atoms with Crippen LogP contribution in [-0.2, 0) is 0 Å². The molecule has 0 amide bonds. The van der Waals surface area contributed by atoms with E-state index in [0.29, 0.717) is 29.1 Å². The molecule has 0 spiro atoms. The average Bonchev–Trinajstić information content (AvgIpc) is 2.04. The molecule has 0 N–H and O–H groups in total. The van der Waals surface area contributed by atoms with Gasteiger partial charge < -0.3 is 9.47 Å². The minimum absolute atomic E-state index is 0.311. The van der Waals surface area contributed by atoms with E-state index in [4.69, 9.17) is 9.47 Å². The van der Waals surface area contributed by atoms with Crippen LogP contribution in [0.3, 0.4) is 0 Å². The quantitative estimate of drug-likeness (QED) is 0.783. The minimum Gasteiger partial charge on any atom is -0.464 e. The van der Waals surface area contributed by atoms with Crippen molar-refractivity contribution in [3.8, 4) is 12.0 Å². The standard InChI is InChI=1S/C7H10IN3O2/c1-3-12-6-9-5(8)10-7(11-6)13-4-2/h3-4H2,1-2H3. The monoisotopic (exact) mass is 295 g/mol. The molecule has 6 heteroatoms. The third-order valence-corrected chi connectivity index (χ3v) is 1.60. The average molecular weight is 295 g/mol. The van der Waals surface area contributed by atoms with E-state index in [1.807, 2.05) is 36.4 Å². The highest BCUT2D eigenvalue weighted by Gasteiger charge is 2.04. The summed E-state index contributed by atoms with van der Waals surface area (Å²) in [6.45, 7) is 4.81. The Morgan fingerprint density at radius 2 is 1.46 bits per heavy atom. The molecule has 0 radical (unpaired) electrons. The van der Waals surface area contributed by atoms with Gasteiger partial charge in [0.15, 0.2) is 0 Å². The molecule has 0 unspecified atom stereocenters. The molecule has 0 saturated heterocycles. The van der Waals surface area contributed by atoms with E-state index >= 15 is 0 Å². The maximum Gasteiger partial charge on any atom is 0.323 e. The molecule has 1 rings (SSSR count). The minimum atomic E-state index is 0.311. The van der Waals surface area contributed by atoms with Crippen LogP contribution >= 0.6 is 22.6 Å². The lowest BCUT2D eigenvalue weighted by molar-refractivity contribution is 0.277. The molecule has 0 saturated carbocycles. The second kappa shape index (κ2) is 5.15. The Labute approximate surface area is 90.0 Å². The summed E-state index contributed by atoms with van der Waals surface area (Å²) in [5, 5.41) is 0. The highest BCUT2D eigenvalue weighted by molar-refractivity contribution is 14.1. The highest BCUT2D eigenvalue weighted by atomic mass is 127. The summed E-state index contributed by atoms with van der Waals surface area (Å²) < 4.78 is 10.8. The van der Waals surface area contributed by atoms with Gasteiger partial charge >= 0.3 is 12.0 Å². The SMILES string of the molecule is CCOc1nc(I)nc(OCC)n1. The largest absolute Gasteiger partial charge is 0.464 e. The number of aromatic nitrogens is 3. The molecule has 1 aromatic heterocycles. The second-order valence-corrected chi connectivity index (χ2v) is 3.00. The third-order valence-electron chi connectivity index (χ3n) is 1.11. The molecule has 0 aliphatic carbocycles. The molecule has 0 bridgehead atoms. The molecule has 0 aliphatic heterocycles. The van der Waals surface area contributed by atoms with E-state index in [0.717, 1.165) is 0 Å². The molecule has 0 aromatic carbocycles.